The third kappa shape index (κ3) is 3.57. The summed E-state index contributed by atoms with van der Waals surface area (Å²) in [5, 5.41) is 15.8. The number of piperidine rings is 1. The van der Waals surface area contributed by atoms with Gasteiger partial charge in [0, 0.05) is 49.3 Å². The molecule has 2 saturated heterocycles. The summed E-state index contributed by atoms with van der Waals surface area (Å²) in [5.74, 6) is 0.579. The van der Waals surface area contributed by atoms with Gasteiger partial charge in [-0.2, -0.15) is 5.26 Å². The number of nitrogens with zero attached hydrogens (tertiary/aromatic N) is 3. The maximum atomic E-state index is 12.2. The number of carbonyl (C=O) groups excluding carboxylic acids is 2. The van der Waals surface area contributed by atoms with Crippen LogP contribution in [0.3, 0.4) is 0 Å². The van der Waals surface area contributed by atoms with E-state index in [9.17, 15) is 14.9 Å². The summed E-state index contributed by atoms with van der Waals surface area (Å²) in [6.07, 6.45) is 1.04. The number of hydrogen-bond donors (Lipinski definition) is 2. The molecule has 2 aliphatic heterocycles. The van der Waals surface area contributed by atoms with Crippen LogP contribution in [0.2, 0.25) is 0 Å². The number of anilines is 1. The normalized spacial score (nSPS) is 27.7. The Kier molecular flexibility index (Phi) is 5.80. The van der Waals surface area contributed by atoms with Gasteiger partial charge in [0.25, 0.3) is 0 Å². The lowest BCUT2D eigenvalue weighted by Gasteiger charge is -2.15. The fraction of sp³-hybridized carbons (Fsp3) is 0.391. The predicted molar refractivity (Wildman–Crippen MR) is 120 cm³/mol. The van der Waals surface area contributed by atoms with Crippen LogP contribution in [-0.4, -0.2) is 49.3 Å². The van der Waals surface area contributed by atoms with Gasteiger partial charge in [0.05, 0.1) is 24.9 Å². The standard InChI is InChI=1S/C23H23N5O3.ClH/c1-14(29)26-9-18-12-28(22(30)31-18)17-5-2-15(3-6-17)16-4-7-21(27-8-16)23(13-24)19-10-25-11-20(19)23;/h2-8,18-20,25H,9-12H2,1H3,(H,26,29);1H/t18-,19-,20+,23?;/m0./s1. The molecule has 5 rings (SSSR count). The van der Waals surface area contributed by atoms with Crippen LogP contribution >= 0.6 is 12.4 Å². The van der Waals surface area contributed by atoms with Gasteiger partial charge < -0.3 is 15.4 Å². The SMILES string of the molecule is CC(=O)NC[C@H]1CN(c2ccc(-c3ccc(C4(C#N)[C@@H]5CNC[C@@H]54)nc3)cc2)C(=O)O1.Cl. The predicted octanol–water partition coefficient (Wildman–Crippen LogP) is 2.24. The highest BCUT2D eigenvalue weighted by atomic mass is 35.5. The largest absolute Gasteiger partial charge is 0.442 e. The van der Waals surface area contributed by atoms with Crippen molar-refractivity contribution in [3.8, 4) is 17.2 Å². The van der Waals surface area contributed by atoms with Crippen LogP contribution < -0.4 is 15.5 Å². The topological polar surface area (TPSA) is 107 Å². The first-order chi connectivity index (χ1) is 15.0. The Hall–Kier alpha value is -3.15. The summed E-state index contributed by atoms with van der Waals surface area (Å²) >= 11 is 0. The van der Waals surface area contributed by atoms with Gasteiger partial charge >= 0.3 is 6.09 Å². The van der Waals surface area contributed by atoms with Crippen molar-refractivity contribution in [1.82, 2.24) is 15.6 Å². The zero-order chi connectivity index (χ0) is 21.6. The minimum atomic E-state index is -0.433. The number of ether oxygens (including phenoxy) is 1. The van der Waals surface area contributed by atoms with E-state index in [2.05, 4.69) is 21.7 Å². The van der Waals surface area contributed by atoms with Crippen LogP contribution in [0, 0.1) is 23.2 Å². The molecular weight excluding hydrogens is 430 g/mol. The Labute approximate surface area is 192 Å². The fourth-order valence-corrected chi connectivity index (χ4v) is 4.88. The van der Waals surface area contributed by atoms with Gasteiger partial charge in [-0.05, 0) is 23.8 Å². The number of benzene rings is 1. The van der Waals surface area contributed by atoms with Crippen molar-refractivity contribution in [2.75, 3.05) is 31.1 Å². The Morgan fingerprint density at radius 3 is 2.53 bits per heavy atom. The summed E-state index contributed by atoms with van der Waals surface area (Å²) in [6.45, 7) is 3.89. The van der Waals surface area contributed by atoms with Crippen LogP contribution in [0.1, 0.15) is 12.6 Å². The van der Waals surface area contributed by atoms with Crippen LogP contribution in [-0.2, 0) is 14.9 Å². The van der Waals surface area contributed by atoms with E-state index in [1.165, 1.54) is 6.92 Å². The Morgan fingerprint density at radius 2 is 1.94 bits per heavy atom. The van der Waals surface area contributed by atoms with E-state index in [1.807, 2.05) is 42.6 Å². The highest BCUT2D eigenvalue weighted by Crippen LogP contribution is 2.60. The number of rotatable bonds is 5. The number of nitrogens with one attached hydrogen (secondary N) is 2. The first-order valence-electron chi connectivity index (χ1n) is 10.4. The van der Waals surface area contributed by atoms with E-state index >= 15 is 0 Å². The van der Waals surface area contributed by atoms with E-state index in [0.717, 1.165) is 35.6 Å². The molecule has 2 N–H and O–H groups in total. The molecule has 3 aliphatic rings. The average molecular weight is 454 g/mol. The molecule has 1 aromatic carbocycles. The number of amides is 2. The number of nitriles is 1. The van der Waals surface area contributed by atoms with Crippen LogP contribution in [0.4, 0.5) is 10.5 Å². The number of pyridine rings is 1. The molecule has 1 unspecified atom stereocenters. The molecule has 9 heteroatoms. The van der Waals surface area contributed by atoms with E-state index in [1.54, 1.807) is 4.90 Å². The lowest BCUT2D eigenvalue weighted by Crippen LogP contribution is -2.33. The lowest BCUT2D eigenvalue weighted by atomic mass is 9.96. The van der Waals surface area contributed by atoms with Crippen LogP contribution in [0.15, 0.2) is 42.6 Å². The number of hydrogen-bond acceptors (Lipinski definition) is 6. The van der Waals surface area contributed by atoms with Crippen molar-refractivity contribution in [3.63, 3.8) is 0 Å². The smallest absolute Gasteiger partial charge is 0.414 e. The third-order valence-electron chi connectivity index (χ3n) is 6.61. The van der Waals surface area contributed by atoms with Crippen molar-refractivity contribution in [2.24, 2.45) is 11.8 Å². The van der Waals surface area contributed by atoms with Crippen molar-refractivity contribution in [1.29, 1.82) is 5.26 Å². The number of cyclic esters (lactones) is 1. The summed E-state index contributed by atoms with van der Waals surface area (Å²) in [5.41, 5.74) is 3.10. The molecule has 3 fully saturated rings. The summed E-state index contributed by atoms with van der Waals surface area (Å²) in [6, 6.07) is 14.1. The van der Waals surface area contributed by atoms with E-state index < -0.39 is 11.5 Å². The molecule has 0 bridgehead atoms. The van der Waals surface area contributed by atoms with E-state index in [0.29, 0.717) is 24.9 Å². The van der Waals surface area contributed by atoms with Gasteiger partial charge in [-0.15, -0.1) is 12.4 Å². The second kappa shape index (κ2) is 8.41. The Morgan fingerprint density at radius 1 is 1.25 bits per heavy atom. The van der Waals surface area contributed by atoms with Gasteiger partial charge in [0.2, 0.25) is 5.91 Å². The molecule has 8 nitrogen and oxygen atoms in total. The molecular formula is C23H24ClN5O3. The van der Waals surface area contributed by atoms with Crippen molar-refractivity contribution < 1.29 is 14.3 Å². The van der Waals surface area contributed by atoms with Gasteiger partial charge in [-0.3, -0.25) is 14.7 Å². The van der Waals surface area contributed by atoms with Gasteiger partial charge in [0.1, 0.15) is 11.5 Å². The molecule has 0 radical (unpaired) electrons. The summed E-state index contributed by atoms with van der Waals surface area (Å²) in [4.78, 5) is 29.4. The zero-order valence-corrected chi connectivity index (χ0v) is 18.4. The fourth-order valence-electron chi connectivity index (χ4n) is 4.88. The molecule has 1 aromatic heterocycles. The Bertz CT molecular complexity index is 1060. The van der Waals surface area contributed by atoms with Crippen LogP contribution in [0.5, 0.6) is 0 Å². The van der Waals surface area contributed by atoms with E-state index in [-0.39, 0.29) is 24.4 Å². The third-order valence-corrected chi connectivity index (χ3v) is 6.61. The molecule has 1 saturated carbocycles. The summed E-state index contributed by atoms with van der Waals surface area (Å²) < 4.78 is 5.32. The molecule has 1 aliphatic carbocycles. The van der Waals surface area contributed by atoms with Crippen molar-refractivity contribution >= 4 is 30.1 Å². The molecule has 0 spiro atoms. The van der Waals surface area contributed by atoms with Gasteiger partial charge in [-0.25, -0.2) is 4.79 Å². The number of aromatic nitrogens is 1. The first-order valence-corrected chi connectivity index (χ1v) is 10.4. The maximum absolute atomic E-state index is 12.2. The second-order valence-electron chi connectivity index (χ2n) is 8.38. The molecule has 2 aromatic rings. The molecule has 4 atom stereocenters. The lowest BCUT2D eigenvalue weighted by molar-refractivity contribution is -0.119. The molecule has 2 amide bonds. The quantitative estimate of drug-likeness (QED) is 0.719. The Balaban J connectivity index is 0.00000245. The molecule has 3 heterocycles. The maximum Gasteiger partial charge on any atom is 0.414 e. The van der Waals surface area contributed by atoms with Crippen LogP contribution in [0.25, 0.3) is 11.1 Å². The monoisotopic (exact) mass is 453 g/mol. The molecule has 166 valence electrons. The number of carbonyl (C=O) groups is 2. The minimum Gasteiger partial charge on any atom is -0.442 e. The average Bonchev–Trinajstić information content (AvgIpc) is 3.09. The number of fused-ring (bicyclic) bond motifs is 1. The van der Waals surface area contributed by atoms with Gasteiger partial charge in [-0.1, -0.05) is 18.2 Å². The highest BCUT2D eigenvalue weighted by molar-refractivity contribution is 5.90. The van der Waals surface area contributed by atoms with E-state index in [4.69, 9.17) is 4.74 Å². The molecule has 32 heavy (non-hydrogen) atoms. The number of halogens is 1. The second-order valence-corrected chi connectivity index (χ2v) is 8.38. The van der Waals surface area contributed by atoms with Crippen molar-refractivity contribution in [3.05, 3.63) is 48.3 Å². The zero-order valence-electron chi connectivity index (χ0n) is 17.6. The van der Waals surface area contributed by atoms with Crippen molar-refractivity contribution in [2.45, 2.75) is 18.4 Å². The first kappa shape index (κ1) is 22.1. The summed E-state index contributed by atoms with van der Waals surface area (Å²) in [7, 11) is 0. The highest BCUT2D eigenvalue weighted by Gasteiger charge is 2.69. The minimum absolute atomic E-state index is 0. The van der Waals surface area contributed by atoms with Gasteiger partial charge in [0.15, 0.2) is 0 Å².